The quantitative estimate of drug-likeness (QED) is 0.758. The molecule has 4 N–H and O–H groups in total. The van der Waals surface area contributed by atoms with E-state index in [-0.39, 0.29) is 17.4 Å². The van der Waals surface area contributed by atoms with Crippen LogP contribution in [0.4, 0.5) is 5.69 Å². The number of carbonyl (C=O) groups excluding carboxylic acids is 1. The monoisotopic (exact) mass is 264 g/mol. The Morgan fingerprint density at radius 2 is 2.05 bits per heavy atom. The van der Waals surface area contributed by atoms with E-state index >= 15 is 0 Å². The van der Waals surface area contributed by atoms with Crippen LogP contribution < -0.4 is 11.1 Å². The van der Waals surface area contributed by atoms with Gasteiger partial charge in [-0.25, -0.2) is 4.79 Å². The summed E-state index contributed by atoms with van der Waals surface area (Å²) in [5, 5.41) is 11.6. The van der Waals surface area contributed by atoms with E-state index in [0.29, 0.717) is 11.3 Å². The van der Waals surface area contributed by atoms with Gasteiger partial charge in [0.1, 0.15) is 0 Å². The number of hydrogen-bond donors (Lipinski definition) is 3. The van der Waals surface area contributed by atoms with Crippen LogP contribution in [-0.4, -0.2) is 23.0 Å². The highest BCUT2D eigenvalue weighted by Crippen LogP contribution is 2.16. The summed E-state index contributed by atoms with van der Waals surface area (Å²) in [6, 6.07) is 4.11. The number of aryl methyl sites for hydroxylation is 1. The molecule has 0 heterocycles. The first-order valence-electron chi connectivity index (χ1n) is 6.27. The topological polar surface area (TPSA) is 92.4 Å². The second-order valence-electron chi connectivity index (χ2n) is 4.74. The van der Waals surface area contributed by atoms with Crippen molar-refractivity contribution in [2.45, 2.75) is 33.2 Å². The first-order chi connectivity index (χ1) is 8.86. The minimum absolute atomic E-state index is 0.0967. The maximum absolute atomic E-state index is 11.9. The molecule has 2 atom stereocenters. The third-order valence-corrected chi connectivity index (χ3v) is 3.28. The number of carboxylic acids is 1. The van der Waals surface area contributed by atoms with Crippen LogP contribution in [0.15, 0.2) is 18.2 Å². The number of amides is 1. The van der Waals surface area contributed by atoms with Crippen LogP contribution in [0.25, 0.3) is 0 Å². The van der Waals surface area contributed by atoms with E-state index in [1.54, 1.807) is 19.1 Å². The third-order valence-electron chi connectivity index (χ3n) is 3.28. The molecule has 0 radical (unpaired) electrons. The van der Waals surface area contributed by atoms with Gasteiger partial charge in [0, 0.05) is 5.69 Å². The molecule has 1 aromatic rings. The largest absolute Gasteiger partial charge is 0.478 e. The van der Waals surface area contributed by atoms with Crippen molar-refractivity contribution in [2.24, 2.45) is 11.7 Å². The second-order valence-corrected chi connectivity index (χ2v) is 4.74. The molecule has 0 aliphatic carbocycles. The minimum atomic E-state index is -0.980. The maximum atomic E-state index is 11.9. The summed E-state index contributed by atoms with van der Waals surface area (Å²) in [7, 11) is 0. The van der Waals surface area contributed by atoms with Gasteiger partial charge in [0.05, 0.1) is 11.6 Å². The van der Waals surface area contributed by atoms with Gasteiger partial charge in [-0.3, -0.25) is 4.79 Å². The van der Waals surface area contributed by atoms with Crippen molar-refractivity contribution in [3.8, 4) is 0 Å². The molecule has 0 spiro atoms. The predicted octanol–water partition coefficient (Wildman–Crippen LogP) is 2.01. The number of rotatable bonds is 5. The van der Waals surface area contributed by atoms with Crippen molar-refractivity contribution < 1.29 is 14.7 Å². The fourth-order valence-electron chi connectivity index (χ4n) is 1.72. The molecule has 0 aromatic heterocycles. The van der Waals surface area contributed by atoms with Gasteiger partial charge in [-0.2, -0.15) is 0 Å². The van der Waals surface area contributed by atoms with E-state index in [2.05, 4.69) is 5.32 Å². The lowest BCUT2D eigenvalue weighted by Gasteiger charge is -2.18. The molecular weight excluding hydrogens is 244 g/mol. The lowest BCUT2D eigenvalue weighted by atomic mass is 9.99. The number of nitrogens with one attached hydrogen (secondary N) is 1. The highest BCUT2D eigenvalue weighted by atomic mass is 16.4. The van der Waals surface area contributed by atoms with Gasteiger partial charge in [-0.1, -0.05) is 20.3 Å². The molecule has 0 fully saturated rings. The molecule has 0 saturated carbocycles. The van der Waals surface area contributed by atoms with Gasteiger partial charge < -0.3 is 16.2 Å². The third kappa shape index (κ3) is 3.79. The molecule has 19 heavy (non-hydrogen) atoms. The molecule has 5 nitrogen and oxygen atoms in total. The van der Waals surface area contributed by atoms with Crippen molar-refractivity contribution in [1.29, 1.82) is 0 Å². The highest BCUT2D eigenvalue weighted by molar-refractivity contribution is 5.96. The van der Waals surface area contributed by atoms with Gasteiger partial charge in [-0.05, 0) is 36.6 Å². The van der Waals surface area contributed by atoms with Gasteiger partial charge in [0.2, 0.25) is 5.91 Å². The fraction of sp³-hybridized carbons (Fsp3) is 0.429. The Balaban J connectivity index is 2.81. The normalized spacial score (nSPS) is 13.7. The van der Waals surface area contributed by atoms with Gasteiger partial charge in [-0.15, -0.1) is 0 Å². The zero-order chi connectivity index (χ0) is 14.6. The van der Waals surface area contributed by atoms with E-state index in [1.807, 2.05) is 13.8 Å². The molecule has 0 aliphatic rings. The van der Waals surface area contributed by atoms with Crippen molar-refractivity contribution in [1.82, 2.24) is 0 Å². The first-order valence-corrected chi connectivity index (χ1v) is 6.27. The zero-order valence-corrected chi connectivity index (χ0v) is 11.4. The number of hydrogen-bond acceptors (Lipinski definition) is 3. The summed E-state index contributed by atoms with van der Waals surface area (Å²) in [5.74, 6) is -1.14. The standard InChI is InChI=1S/C14H20N2O3/c1-4-8(2)12(15)13(17)16-10-5-6-11(14(18)19)9(3)7-10/h5-8,12H,4,15H2,1-3H3,(H,16,17)(H,18,19). The Morgan fingerprint density at radius 1 is 1.42 bits per heavy atom. The number of carboxylic acid groups (broad SMARTS) is 1. The van der Waals surface area contributed by atoms with Crippen molar-refractivity contribution in [3.63, 3.8) is 0 Å². The van der Waals surface area contributed by atoms with Crippen LogP contribution in [0, 0.1) is 12.8 Å². The Bertz CT molecular complexity index is 486. The zero-order valence-electron chi connectivity index (χ0n) is 11.4. The van der Waals surface area contributed by atoms with Crippen LogP contribution in [0.1, 0.15) is 36.2 Å². The smallest absolute Gasteiger partial charge is 0.335 e. The van der Waals surface area contributed by atoms with E-state index < -0.39 is 12.0 Å². The number of anilines is 1. The molecule has 5 heteroatoms. The lowest BCUT2D eigenvalue weighted by molar-refractivity contribution is -0.118. The van der Waals surface area contributed by atoms with Crippen molar-refractivity contribution >= 4 is 17.6 Å². The molecule has 1 amide bonds. The van der Waals surface area contributed by atoms with Crippen LogP contribution in [0.3, 0.4) is 0 Å². The van der Waals surface area contributed by atoms with Crippen LogP contribution in [0.5, 0.6) is 0 Å². The molecule has 2 unspecified atom stereocenters. The Kier molecular flexibility index (Phi) is 5.06. The summed E-state index contributed by atoms with van der Waals surface area (Å²) in [5.41, 5.74) is 7.22. The number of benzene rings is 1. The second kappa shape index (κ2) is 6.33. The van der Waals surface area contributed by atoms with Gasteiger partial charge in [0.15, 0.2) is 0 Å². The summed E-state index contributed by atoms with van der Waals surface area (Å²) >= 11 is 0. The average molecular weight is 264 g/mol. The molecule has 1 aromatic carbocycles. The molecule has 0 bridgehead atoms. The Morgan fingerprint density at radius 3 is 2.53 bits per heavy atom. The number of aromatic carboxylic acids is 1. The summed E-state index contributed by atoms with van der Waals surface area (Å²) in [6.45, 7) is 5.58. The van der Waals surface area contributed by atoms with Crippen molar-refractivity contribution in [3.05, 3.63) is 29.3 Å². The van der Waals surface area contributed by atoms with E-state index in [0.717, 1.165) is 6.42 Å². The Labute approximate surface area is 112 Å². The molecule has 0 aliphatic heterocycles. The average Bonchev–Trinajstić information content (AvgIpc) is 2.36. The molecular formula is C14H20N2O3. The summed E-state index contributed by atoms with van der Waals surface area (Å²) < 4.78 is 0. The molecule has 0 saturated heterocycles. The summed E-state index contributed by atoms with van der Waals surface area (Å²) in [4.78, 5) is 22.8. The number of carbonyl (C=O) groups is 2. The van der Waals surface area contributed by atoms with Crippen LogP contribution in [0.2, 0.25) is 0 Å². The minimum Gasteiger partial charge on any atom is -0.478 e. The van der Waals surface area contributed by atoms with E-state index in [1.165, 1.54) is 6.07 Å². The van der Waals surface area contributed by atoms with Gasteiger partial charge >= 0.3 is 5.97 Å². The van der Waals surface area contributed by atoms with Crippen LogP contribution >= 0.6 is 0 Å². The van der Waals surface area contributed by atoms with E-state index in [4.69, 9.17) is 10.8 Å². The number of nitrogens with two attached hydrogens (primary N) is 1. The van der Waals surface area contributed by atoms with E-state index in [9.17, 15) is 9.59 Å². The SMILES string of the molecule is CCC(C)C(N)C(=O)Nc1ccc(C(=O)O)c(C)c1. The van der Waals surface area contributed by atoms with Crippen molar-refractivity contribution in [2.75, 3.05) is 5.32 Å². The molecule has 104 valence electrons. The Hall–Kier alpha value is -1.88. The first kappa shape index (κ1) is 15.2. The summed E-state index contributed by atoms with van der Waals surface area (Å²) in [6.07, 6.45) is 0.825. The lowest BCUT2D eigenvalue weighted by Crippen LogP contribution is -2.40. The molecule has 1 rings (SSSR count). The van der Waals surface area contributed by atoms with Crippen LogP contribution in [-0.2, 0) is 4.79 Å². The fourth-order valence-corrected chi connectivity index (χ4v) is 1.72. The highest BCUT2D eigenvalue weighted by Gasteiger charge is 2.19. The van der Waals surface area contributed by atoms with Gasteiger partial charge in [0.25, 0.3) is 0 Å². The maximum Gasteiger partial charge on any atom is 0.335 e. The predicted molar refractivity (Wildman–Crippen MR) is 74.2 cm³/mol.